The van der Waals surface area contributed by atoms with Crippen LogP contribution in [0, 0.1) is 0 Å². The molecule has 0 unspecified atom stereocenters. The molecule has 8 nitrogen and oxygen atoms in total. The van der Waals surface area contributed by atoms with E-state index in [0.717, 1.165) is 16.2 Å². The average Bonchev–Trinajstić information content (AvgIpc) is 3.37. The summed E-state index contributed by atoms with van der Waals surface area (Å²) >= 11 is 1.56. The van der Waals surface area contributed by atoms with Gasteiger partial charge in [-0.05, 0) is 25.2 Å². The molecule has 4 aromatic rings. The topological polar surface area (TPSA) is 97.5 Å². The van der Waals surface area contributed by atoms with E-state index in [4.69, 9.17) is 0 Å². The number of carbonyl (C=O) groups excluding carboxylic acids is 1. The monoisotopic (exact) mass is 415 g/mol. The third-order valence-corrected chi connectivity index (χ3v) is 6.48. The second-order valence-corrected chi connectivity index (χ2v) is 8.89. The van der Waals surface area contributed by atoms with Crippen LogP contribution in [0.15, 0.2) is 59.2 Å². The van der Waals surface area contributed by atoms with Crippen LogP contribution in [0.4, 0.5) is 5.69 Å². The number of aryl methyl sites for hydroxylation is 1. The van der Waals surface area contributed by atoms with Crippen molar-refractivity contribution in [2.75, 3.05) is 12.4 Å². The van der Waals surface area contributed by atoms with Crippen molar-refractivity contribution in [3.05, 3.63) is 60.0 Å². The molecule has 10 heteroatoms. The predicted octanol–water partition coefficient (Wildman–Crippen LogP) is 2.56. The summed E-state index contributed by atoms with van der Waals surface area (Å²) in [5.41, 5.74) is 2.64. The smallest absolute Gasteiger partial charge is 0.272 e. The molecule has 28 heavy (non-hydrogen) atoms. The molecule has 1 amide bonds. The van der Waals surface area contributed by atoms with Gasteiger partial charge in [-0.1, -0.05) is 12.1 Å². The first-order chi connectivity index (χ1) is 13.4. The first kappa shape index (κ1) is 18.4. The van der Waals surface area contributed by atoms with Gasteiger partial charge in [-0.25, -0.2) is 18.1 Å². The molecular formula is C18H17N5O3S2. The number of nitrogens with zero attached hydrogens (tertiary/aromatic N) is 3. The Bertz CT molecular complexity index is 1240. The fourth-order valence-electron chi connectivity index (χ4n) is 2.81. The highest BCUT2D eigenvalue weighted by Gasteiger charge is 2.19. The summed E-state index contributed by atoms with van der Waals surface area (Å²) in [6.07, 6.45) is 5.30. The van der Waals surface area contributed by atoms with Crippen molar-refractivity contribution < 1.29 is 13.2 Å². The summed E-state index contributed by atoms with van der Waals surface area (Å²) in [6, 6.07) is 8.67. The van der Waals surface area contributed by atoms with E-state index in [-0.39, 0.29) is 10.6 Å². The number of imidazole rings is 1. The Morgan fingerprint density at radius 3 is 2.61 bits per heavy atom. The van der Waals surface area contributed by atoms with Crippen LogP contribution < -0.4 is 10.0 Å². The van der Waals surface area contributed by atoms with E-state index in [1.165, 1.54) is 23.9 Å². The zero-order valence-electron chi connectivity index (χ0n) is 15.1. The van der Waals surface area contributed by atoms with Gasteiger partial charge in [0.2, 0.25) is 10.0 Å². The Hall–Kier alpha value is -2.95. The van der Waals surface area contributed by atoms with E-state index in [0.29, 0.717) is 5.69 Å². The molecule has 0 radical (unpaired) electrons. The van der Waals surface area contributed by atoms with Gasteiger partial charge in [0.25, 0.3) is 5.91 Å². The molecule has 1 aromatic carbocycles. The normalized spacial score (nSPS) is 11.8. The van der Waals surface area contributed by atoms with Crippen molar-refractivity contribution in [1.29, 1.82) is 0 Å². The lowest BCUT2D eigenvalue weighted by atomic mass is 10.1. The SMILES string of the molecule is CNS(=O)(=O)c1cc(C(=O)Nc2ccc(-c3cn4ccsc4n3)cc2)n(C)c1. The van der Waals surface area contributed by atoms with E-state index in [9.17, 15) is 13.2 Å². The van der Waals surface area contributed by atoms with Crippen molar-refractivity contribution in [2.24, 2.45) is 7.05 Å². The summed E-state index contributed by atoms with van der Waals surface area (Å²) in [5.74, 6) is -0.393. The maximum atomic E-state index is 12.5. The molecule has 0 fully saturated rings. The van der Waals surface area contributed by atoms with E-state index >= 15 is 0 Å². The minimum atomic E-state index is -3.61. The number of anilines is 1. The molecule has 2 N–H and O–H groups in total. The van der Waals surface area contributed by atoms with Crippen molar-refractivity contribution >= 4 is 37.9 Å². The van der Waals surface area contributed by atoms with Gasteiger partial charge in [-0.15, -0.1) is 11.3 Å². The maximum Gasteiger partial charge on any atom is 0.272 e. The number of thiazole rings is 1. The molecular weight excluding hydrogens is 398 g/mol. The van der Waals surface area contributed by atoms with E-state index in [1.54, 1.807) is 30.5 Å². The number of hydrogen-bond acceptors (Lipinski definition) is 5. The molecule has 144 valence electrons. The second-order valence-electron chi connectivity index (χ2n) is 6.13. The third-order valence-electron chi connectivity index (χ3n) is 4.32. The minimum absolute atomic E-state index is 0.0396. The summed E-state index contributed by atoms with van der Waals surface area (Å²) in [5, 5.41) is 4.76. The summed E-state index contributed by atoms with van der Waals surface area (Å²) in [4.78, 5) is 18.1. The number of benzene rings is 1. The fraction of sp³-hybridized carbons (Fsp3) is 0.111. The number of hydrogen-bond donors (Lipinski definition) is 2. The van der Waals surface area contributed by atoms with Crippen LogP contribution in [-0.2, 0) is 17.1 Å². The summed E-state index contributed by atoms with van der Waals surface area (Å²) in [6.45, 7) is 0. The number of carbonyl (C=O) groups is 1. The Morgan fingerprint density at radius 1 is 1.18 bits per heavy atom. The molecule has 0 aliphatic heterocycles. The van der Waals surface area contributed by atoms with Gasteiger partial charge in [0.15, 0.2) is 4.96 Å². The van der Waals surface area contributed by atoms with Crippen molar-refractivity contribution in [3.8, 4) is 11.3 Å². The zero-order valence-corrected chi connectivity index (χ0v) is 16.7. The van der Waals surface area contributed by atoms with Gasteiger partial charge in [0.05, 0.1) is 5.69 Å². The predicted molar refractivity (Wildman–Crippen MR) is 108 cm³/mol. The highest BCUT2D eigenvalue weighted by atomic mass is 32.2. The molecule has 0 saturated heterocycles. The molecule has 0 bridgehead atoms. The average molecular weight is 416 g/mol. The zero-order chi connectivity index (χ0) is 19.9. The number of sulfonamides is 1. The number of nitrogens with one attached hydrogen (secondary N) is 2. The Labute approximate surface area is 165 Å². The van der Waals surface area contributed by atoms with E-state index in [2.05, 4.69) is 15.0 Å². The van der Waals surface area contributed by atoms with Crippen LogP contribution >= 0.6 is 11.3 Å². The lowest BCUT2D eigenvalue weighted by molar-refractivity contribution is 0.101. The van der Waals surface area contributed by atoms with E-state index in [1.807, 2.05) is 34.3 Å². The van der Waals surface area contributed by atoms with Gasteiger partial charge in [0.1, 0.15) is 10.6 Å². The van der Waals surface area contributed by atoms with Gasteiger partial charge in [0, 0.05) is 42.3 Å². The number of amides is 1. The summed E-state index contributed by atoms with van der Waals surface area (Å²) in [7, 11) is -0.659. The number of fused-ring (bicyclic) bond motifs is 1. The molecule has 0 atom stereocenters. The number of aromatic nitrogens is 3. The van der Waals surface area contributed by atoms with Gasteiger partial charge < -0.3 is 9.88 Å². The molecule has 0 aliphatic carbocycles. The molecule has 0 spiro atoms. The Morgan fingerprint density at radius 2 is 1.93 bits per heavy atom. The van der Waals surface area contributed by atoms with Crippen LogP contribution in [0.1, 0.15) is 10.5 Å². The Balaban J connectivity index is 1.53. The highest BCUT2D eigenvalue weighted by Crippen LogP contribution is 2.23. The van der Waals surface area contributed by atoms with Crippen LogP contribution in [0.25, 0.3) is 16.2 Å². The minimum Gasteiger partial charge on any atom is -0.345 e. The first-order valence-electron chi connectivity index (χ1n) is 8.31. The van der Waals surface area contributed by atoms with Gasteiger partial charge in [-0.3, -0.25) is 9.20 Å². The van der Waals surface area contributed by atoms with Crippen molar-refractivity contribution in [1.82, 2.24) is 18.7 Å². The molecule has 3 aromatic heterocycles. The first-order valence-corrected chi connectivity index (χ1v) is 10.7. The lowest BCUT2D eigenvalue weighted by Crippen LogP contribution is -2.18. The largest absolute Gasteiger partial charge is 0.345 e. The van der Waals surface area contributed by atoms with Crippen LogP contribution in [0.3, 0.4) is 0 Å². The third kappa shape index (κ3) is 3.33. The summed E-state index contributed by atoms with van der Waals surface area (Å²) < 4.78 is 29.5. The van der Waals surface area contributed by atoms with Crippen LogP contribution in [0.5, 0.6) is 0 Å². The van der Waals surface area contributed by atoms with Gasteiger partial charge >= 0.3 is 0 Å². The standard InChI is InChI=1S/C18H17N5O3S2/c1-19-28(25,26)14-9-16(22(2)10-14)17(24)20-13-5-3-12(4-6-13)15-11-23-7-8-27-18(23)21-15/h3-11,19H,1-2H3,(H,20,24). The van der Waals surface area contributed by atoms with E-state index < -0.39 is 15.9 Å². The molecule has 3 heterocycles. The fourth-order valence-corrected chi connectivity index (χ4v) is 4.31. The highest BCUT2D eigenvalue weighted by molar-refractivity contribution is 7.89. The van der Waals surface area contributed by atoms with Gasteiger partial charge in [-0.2, -0.15) is 0 Å². The Kier molecular flexibility index (Phi) is 4.53. The van der Waals surface area contributed by atoms with Crippen LogP contribution in [-0.4, -0.2) is 35.3 Å². The maximum absolute atomic E-state index is 12.5. The van der Waals surface area contributed by atoms with Crippen molar-refractivity contribution in [2.45, 2.75) is 4.90 Å². The van der Waals surface area contributed by atoms with Crippen LogP contribution in [0.2, 0.25) is 0 Å². The second kappa shape index (κ2) is 6.89. The lowest BCUT2D eigenvalue weighted by Gasteiger charge is -2.06. The van der Waals surface area contributed by atoms with Crippen molar-refractivity contribution in [3.63, 3.8) is 0 Å². The quantitative estimate of drug-likeness (QED) is 0.523. The molecule has 0 aliphatic rings. The molecule has 4 rings (SSSR count). The molecule has 0 saturated carbocycles. The number of rotatable bonds is 5.